The Balaban J connectivity index is 1.09. The van der Waals surface area contributed by atoms with Gasteiger partial charge in [-0.1, -0.05) is 162 Å². The summed E-state index contributed by atoms with van der Waals surface area (Å²) in [5.41, 5.74) is 19.0. The minimum Gasteiger partial charge on any atom is -0.457 e. The first kappa shape index (κ1) is 46.6. The van der Waals surface area contributed by atoms with E-state index in [0.29, 0.717) is 6.67 Å². The molecule has 0 amide bonds. The van der Waals surface area contributed by atoms with Crippen molar-refractivity contribution >= 4 is 38.9 Å². The van der Waals surface area contributed by atoms with Gasteiger partial charge in [0.25, 0.3) is 0 Å². The zero-order valence-electron chi connectivity index (χ0n) is 43.5. The normalized spacial score (nSPS) is 13.2. The summed E-state index contributed by atoms with van der Waals surface area (Å²) in [6, 6.07) is 55.9. The maximum atomic E-state index is 6.87. The van der Waals surface area contributed by atoms with Crippen molar-refractivity contribution in [2.24, 2.45) is 0 Å². The second-order valence-electron chi connectivity index (χ2n) is 23.6. The van der Waals surface area contributed by atoms with E-state index in [1.807, 2.05) is 6.20 Å². The second-order valence-corrected chi connectivity index (χ2v) is 23.6. The van der Waals surface area contributed by atoms with Crippen LogP contribution in [0.5, 0.6) is 11.5 Å². The van der Waals surface area contributed by atoms with Gasteiger partial charge in [0.15, 0.2) is 0 Å². The fraction of sp³-hybridized carbons (Fsp3) is 0.277. The van der Waals surface area contributed by atoms with Crippen LogP contribution < -0.4 is 15.0 Å². The van der Waals surface area contributed by atoms with Crippen molar-refractivity contribution in [1.29, 1.82) is 0 Å². The summed E-state index contributed by atoms with van der Waals surface area (Å²) < 4.78 is 9.14. The van der Waals surface area contributed by atoms with Gasteiger partial charge in [0.05, 0.1) is 29.1 Å². The van der Waals surface area contributed by atoms with E-state index >= 15 is 0 Å². The number of nitrogens with zero attached hydrogens (tertiary/aromatic N) is 3. The zero-order chi connectivity index (χ0) is 49.5. The van der Waals surface area contributed by atoms with Crippen LogP contribution in [0, 0.1) is 6.92 Å². The molecule has 5 nitrogen and oxygen atoms in total. The van der Waals surface area contributed by atoms with Crippen LogP contribution >= 0.6 is 0 Å². The molecule has 3 heterocycles. The number of hydrogen-bond acceptors (Lipinski definition) is 4. The van der Waals surface area contributed by atoms with Crippen molar-refractivity contribution < 1.29 is 4.74 Å². The summed E-state index contributed by atoms with van der Waals surface area (Å²) in [6.07, 6.45) is 1.93. The molecule has 2 aromatic heterocycles. The molecule has 5 heteroatoms. The smallest absolute Gasteiger partial charge is 0.137 e. The van der Waals surface area contributed by atoms with Crippen molar-refractivity contribution in [2.45, 2.75) is 112 Å². The largest absolute Gasteiger partial charge is 0.457 e. The molecule has 0 aliphatic carbocycles. The molecule has 1 aliphatic rings. The van der Waals surface area contributed by atoms with Gasteiger partial charge in [-0.3, -0.25) is 4.57 Å². The van der Waals surface area contributed by atoms with E-state index in [9.17, 15) is 0 Å². The predicted octanol–water partition coefficient (Wildman–Crippen LogP) is 18.0. The standard InChI is InChI=1S/C65H68N4O/c1-41-30-48(38-50(31-41)70-49-26-27-52-51-22-17-18-24-56(51)69(58(52)39-49)59-37-44(28-29-66-59)62(2,3)4)68-40-67-61-53(23-19-25-57(61)68)60-54(42-20-15-14-16-21-42)35-47(65(11,12)13)36-55(60)43-32-45(63(5,6)7)34-46(33-43)64(8,9)10/h14-39,67H,40H2,1-13H3. The van der Waals surface area contributed by atoms with Crippen molar-refractivity contribution in [1.82, 2.24) is 9.55 Å². The van der Waals surface area contributed by atoms with E-state index in [4.69, 9.17) is 9.72 Å². The number of ether oxygens (including phenoxy) is 1. The van der Waals surface area contributed by atoms with E-state index in [1.165, 1.54) is 61.0 Å². The number of pyridine rings is 1. The van der Waals surface area contributed by atoms with Crippen LogP contribution in [-0.4, -0.2) is 16.2 Å². The number of aromatic nitrogens is 2. The van der Waals surface area contributed by atoms with Crippen LogP contribution in [0.25, 0.3) is 61.0 Å². The van der Waals surface area contributed by atoms with Gasteiger partial charge in [-0.05, 0) is 145 Å². The number of aryl methyl sites for hydroxylation is 1. The van der Waals surface area contributed by atoms with Crippen molar-refractivity contribution in [3.05, 3.63) is 186 Å². The molecule has 0 unspecified atom stereocenters. The lowest BCUT2D eigenvalue weighted by Crippen LogP contribution is -2.17. The highest BCUT2D eigenvalue weighted by Gasteiger charge is 2.30. The highest BCUT2D eigenvalue weighted by Crippen LogP contribution is 2.51. The molecule has 0 spiro atoms. The molecule has 0 radical (unpaired) electrons. The highest BCUT2D eigenvalue weighted by molar-refractivity contribution is 6.09. The fourth-order valence-corrected chi connectivity index (χ4v) is 10.1. The third-order valence-corrected chi connectivity index (χ3v) is 14.2. The molecule has 0 bridgehead atoms. The second kappa shape index (κ2) is 17.1. The maximum Gasteiger partial charge on any atom is 0.137 e. The molecule has 0 saturated carbocycles. The van der Waals surface area contributed by atoms with Crippen molar-refractivity contribution in [2.75, 3.05) is 16.9 Å². The number of hydrogen-bond donors (Lipinski definition) is 1. The number of fused-ring (bicyclic) bond motifs is 4. The number of anilines is 3. The molecule has 0 fully saturated rings. The Morgan fingerprint density at radius 2 is 1.11 bits per heavy atom. The van der Waals surface area contributed by atoms with Gasteiger partial charge in [-0.25, -0.2) is 4.98 Å². The third kappa shape index (κ3) is 8.76. The van der Waals surface area contributed by atoms with Crippen LogP contribution in [0.3, 0.4) is 0 Å². The SMILES string of the molecule is Cc1cc(Oc2ccc3c4ccccc4n(-c4cc(C(C)(C)C)ccn4)c3c2)cc(N2CNc3c(-c4c(-c5ccccc5)cc(C(C)(C)C)cc4-c4cc(C(C)(C)C)cc(C(C)(C)C)c4)cccc32)c1. The molecule has 7 aromatic carbocycles. The molecule has 9 aromatic rings. The summed E-state index contributed by atoms with van der Waals surface area (Å²) in [6.45, 7) is 30.5. The van der Waals surface area contributed by atoms with Crippen LogP contribution in [0.2, 0.25) is 0 Å². The van der Waals surface area contributed by atoms with E-state index in [-0.39, 0.29) is 21.7 Å². The molecule has 0 saturated heterocycles. The van der Waals surface area contributed by atoms with Crippen LogP contribution in [-0.2, 0) is 21.7 Å². The quantitative estimate of drug-likeness (QED) is 0.173. The average molecular weight is 921 g/mol. The Morgan fingerprint density at radius 3 is 1.80 bits per heavy atom. The Bertz CT molecular complexity index is 3420. The van der Waals surface area contributed by atoms with Crippen molar-refractivity contribution in [3.8, 4) is 50.7 Å². The molecule has 354 valence electrons. The van der Waals surface area contributed by atoms with Gasteiger partial charge in [0.2, 0.25) is 0 Å². The Morgan fingerprint density at radius 1 is 0.486 bits per heavy atom. The Hall–Kier alpha value is -7.11. The number of nitrogens with one attached hydrogen (secondary N) is 1. The lowest BCUT2D eigenvalue weighted by atomic mass is 9.76. The molecule has 70 heavy (non-hydrogen) atoms. The lowest BCUT2D eigenvalue weighted by Gasteiger charge is -2.29. The van der Waals surface area contributed by atoms with Gasteiger partial charge >= 0.3 is 0 Å². The van der Waals surface area contributed by atoms with Crippen LogP contribution in [0.15, 0.2) is 158 Å². The van der Waals surface area contributed by atoms with E-state index in [0.717, 1.165) is 56.4 Å². The minimum atomic E-state index is -0.0800. The van der Waals surface area contributed by atoms with Gasteiger partial charge in [0.1, 0.15) is 17.3 Å². The van der Waals surface area contributed by atoms with Crippen LogP contribution in [0.4, 0.5) is 17.1 Å². The molecule has 1 aliphatic heterocycles. The third-order valence-electron chi connectivity index (χ3n) is 14.2. The first-order valence-electron chi connectivity index (χ1n) is 25.0. The van der Waals surface area contributed by atoms with E-state index in [2.05, 4.69) is 256 Å². The molecular weight excluding hydrogens is 853 g/mol. The van der Waals surface area contributed by atoms with Crippen molar-refractivity contribution in [3.63, 3.8) is 0 Å². The van der Waals surface area contributed by atoms with Gasteiger partial charge in [0, 0.05) is 40.4 Å². The number of benzene rings is 7. The van der Waals surface area contributed by atoms with Gasteiger partial charge in [-0.15, -0.1) is 0 Å². The molecule has 10 rings (SSSR count). The highest BCUT2D eigenvalue weighted by atomic mass is 16.5. The van der Waals surface area contributed by atoms with E-state index in [1.54, 1.807) is 0 Å². The summed E-state index contributed by atoms with van der Waals surface area (Å²) in [5, 5.41) is 6.27. The predicted molar refractivity (Wildman–Crippen MR) is 298 cm³/mol. The van der Waals surface area contributed by atoms with Gasteiger partial charge < -0.3 is 15.0 Å². The summed E-state index contributed by atoms with van der Waals surface area (Å²) in [4.78, 5) is 7.29. The lowest BCUT2D eigenvalue weighted by molar-refractivity contribution is 0.483. The Labute approximate surface area is 416 Å². The first-order valence-corrected chi connectivity index (χ1v) is 25.0. The fourth-order valence-electron chi connectivity index (χ4n) is 10.1. The molecule has 0 atom stereocenters. The topological polar surface area (TPSA) is 42.3 Å². The Kier molecular flexibility index (Phi) is 11.4. The first-order chi connectivity index (χ1) is 33.1. The summed E-state index contributed by atoms with van der Waals surface area (Å²) in [5.74, 6) is 2.45. The monoisotopic (exact) mass is 921 g/mol. The summed E-state index contributed by atoms with van der Waals surface area (Å²) >= 11 is 0. The van der Waals surface area contributed by atoms with E-state index < -0.39 is 0 Å². The summed E-state index contributed by atoms with van der Waals surface area (Å²) in [7, 11) is 0. The maximum absolute atomic E-state index is 6.87. The average Bonchev–Trinajstić information content (AvgIpc) is 3.90. The zero-order valence-corrected chi connectivity index (χ0v) is 43.5. The molecule has 1 N–H and O–H groups in total. The number of para-hydroxylation sites is 2. The minimum absolute atomic E-state index is 0.0125. The van der Waals surface area contributed by atoms with Crippen LogP contribution in [0.1, 0.15) is 111 Å². The number of rotatable bonds is 7. The molecular formula is C65H68N4O. The van der Waals surface area contributed by atoms with Gasteiger partial charge in [-0.2, -0.15) is 0 Å².